The van der Waals surface area contributed by atoms with Gasteiger partial charge in [0.1, 0.15) is 5.60 Å². The average molecular weight is 312 g/mol. The van der Waals surface area contributed by atoms with Crippen molar-refractivity contribution >= 4 is 17.7 Å². The van der Waals surface area contributed by atoms with E-state index in [1.807, 2.05) is 58.9 Å². The molecule has 1 heterocycles. The Balaban J connectivity index is 0.00000106. The Labute approximate surface area is 133 Å². The maximum Gasteiger partial charge on any atom is 0.410 e. The minimum Gasteiger partial charge on any atom is -0.444 e. The van der Waals surface area contributed by atoms with Crippen molar-refractivity contribution in [3.63, 3.8) is 0 Å². The Bertz CT molecular complexity index is 451. The normalized spacial score (nSPS) is 17.4. The van der Waals surface area contributed by atoms with Crippen LogP contribution in [0.2, 0.25) is 5.02 Å². The smallest absolute Gasteiger partial charge is 0.410 e. The van der Waals surface area contributed by atoms with E-state index in [4.69, 9.17) is 16.3 Å². The van der Waals surface area contributed by atoms with E-state index >= 15 is 0 Å². The molecule has 4 heteroatoms. The van der Waals surface area contributed by atoms with Crippen LogP contribution in [0.15, 0.2) is 24.3 Å². The molecule has 0 bridgehead atoms. The molecule has 21 heavy (non-hydrogen) atoms. The second kappa shape index (κ2) is 7.69. The third kappa shape index (κ3) is 5.58. The van der Waals surface area contributed by atoms with Crippen molar-refractivity contribution in [1.82, 2.24) is 4.90 Å². The molecule has 0 aliphatic carbocycles. The minimum absolute atomic E-state index is 0.210. The zero-order chi connectivity index (χ0) is 16.0. The Hall–Kier alpha value is -1.22. The summed E-state index contributed by atoms with van der Waals surface area (Å²) in [6, 6.07) is 8.03. The third-order valence-corrected chi connectivity index (χ3v) is 3.41. The highest BCUT2D eigenvalue weighted by molar-refractivity contribution is 6.30. The molecule has 3 nitrogen and oxygen atoms in total. The van der Waals surface area contributed by atoms with Gasteiger partial charge >= 0.3 is 6.09 Å². The lowest BCUT2D eigenvalue weighted by Crippen LogP contribution is -2.53. The number of halogens is 1. The van der Waals surface area contributed by atoms with Gasteiger partial charge < -0.3 is 9.64 Å². The SMILES string of the molecule is CC.CC(C)(C)OC(=O)N1CCC1Cc1ccc(Cl)cc1. The zero-order valence-corrected chi connectivity index (χ0v) is 14.4. The van der Waals surface area contributed by atoms with Gasteiger partial charge in [0.25, 0.3) is 0 Å². The third-order valence-electron chi connectivity index (χ3n) is 3.16. The van der Waals surface area contributed by atoms with Crippen molar-refractivity contribution in [2.24, 2.45) is 0 Å². The summed E-state index contributed by atoms with van der Waals surface area (Å²) in [4.78, 5) is 13.8. The first-order valence-electron chi connectivity index (χ1n) is 7.59. The van der Waals surface area contributed by atoms with Gasteiger partial charge in [0.2, 0.25) is 0 Å². The molecule has 1 aromatic carbocycles. The molecule has 1 amide bonds. The number of hydrogen-bond donors (Lipinski definition) is 0. The molecule has 0 aromatic heterocycles. The van der Waals surface area contributed by atoms with Crippen molar-refractivity contribution in [2.75, 3.05) is 6.54 Å². The molecule has 1 saturated heterocycles. The van der Waals surface area contributed by atoms with Crippen molar-refractivity contribution in [3.8, 4) is 0 Å². The maximum atomic E-state index is 12.0. The van der Waals surface area contributed by atoms with Gasteiger partial charge in [-0.15, -0.1) is 0 Å². The van der Waals surface area contributed by atoms with E-state index in [9.17, 15) is 4.79 Å². The zero-order valence-electron chi connectivity index (χ0n) is 13.6. The van der Waals surface area contributed by atoms with Gasteiger partial charge in [-0.1, -0.05) is 37.6 Å². The highest BCUT2D eigenvalue weighted by Crippen LogP contribution is 2.24. The second-order valence-electron chi connectivity index (χ2n) is 5.95. The number of carbonyl (C=O) groups excluding carboxylic acids is 1. The number of hydrogen-bond acceptors (Lipinski definition) is 2. The summed E-state index contributed by atoms with van der Waals surface area (Å²) in [5.74, 6) is 0. The lowest BCUT2D eigenvalue weighted by atomic mass is 9.96. The molecule has 118 valence electrons. The largest absolute Gasteiger partial charge is 0.444 e. The first-order chi connectivity index (χ1) is 9.85. The average Bonchev–Trinajstić information content (AvgIpc) is 2.36. The number of rotatable bonds is 2. The van der Waals surface area contributed by atoms with Gasteiger partial charge in [0, 0.05) is 17.6 Å². The topological polar surface area (TPSA) is 29.5 Å². The molecule has 1 aliphatic rings. The summed E-state index contributed by atoms with van der Waals surface area (Å²) in [5, 5.41) is 0.737. The van der Waals surface area contributed by atoms with E-state index in [-0.39, 0.29) is 12.1 Å². The quantitative estimate of drug-likeness (QED) is 0.776. The van der Waals surface area contributed by atoms with E-state index in [2.05, 4.69) is 0 Å². The monoisotopic (exact) mass is 311 g/mol. The van der Waals surface area contributed by atoms with Gasteiger partial charge in [-0.05, 0) is 51.3 Å². The summed E-state index contributed by atoms with van der Waals surface area (Å²) in [5.41, 5.74) is 0.764. The summed E-state index contributed by atoms with van der Waals surface area (Å²) in [7, 11) is 0. The number of amides is 1. The van der Waals surface area contributed by atoms with Gasteiger partial charge in [-0.25, -0.2) is 4.79 Å². The van der Waals surface area contributed by atoms with E-state index in [0.717, 1.165) is 24.4 Å². The van der Waals surface area contributed by atoms with E-state index < -0.39 is 5.60 Å². The first-order valence-corrected chi connectivity index (χ1v) is 7.97. The second-order valence-corrected chi connectivity index (χ2v) is 6.38. The number of likely N-dealkylation sites (tertiary alicyclic amines) is 1. The molecule has 0 N–H and O–H groups in total. The fourth-order valence-corrected chi connectivity index (χ4v) is 2.23. The van der Waals surface area contributed by atoms with Crippen LogP contribution >= 0.6 is 11.6 Å². The van der Waals surface area contributed by atoms with Crippen molar-refractivity contribution in [3.05, 3.63) is 34.9 Å². The molecule has 0 spiro atoms. The highest BCUT2D eigenvalue weighted by atomic mass is 35.5. The van der Waals surface area contributed by atoms with Crippen LogP contribution in [-0.2, 0) is 11.2 Å². The van der Waals surface area contributed by atoms with Gasteiger partial charge in [-0.3, -0.25) is 0 Å². The first kappa shape index (κ1) is 17.8. The maximum absolute atomic E-state index is 12.0. The lowest BCUT2D eigenvalue weighted by molar-refractivity contribution is -0.00498. The van der Waals surface area contributed by atoms with Crippen LogP contribution in [-0.4, -0.2) is 29.2 Å². The van der Waals surface area contributed by atoms with Gasteiger partial charge in [0.05, 0.1) is 0 Å². The molecule has 0 radical (unpaired) electrons. The van der Waals surface area contributed by atoms with Crippen LogP contribution in [0.5, 0.6) is 0 Å². The standard InChI is InChI=1S/C15H20ClNO2.C2H6/c1-15(2,3)19-14(18)17-9-8-13(17)10-11-4-6-12(16)7-5-11;1-2/h4-7,13H,8-10H2,1-3H3;1-2H3. The Morgan fingerprint density at radius 1 is 1.29 bits per heavy atom. The molecular weight excluding hydrogens is 286 g/mol. The van der Waals surface area contributed by atoms with Gasteiger partial charge in [-0.2, -0.15) is 0 Å². The van der Waals surface area contributed by atoms with Crippen LogP contribution in [0, 0.1) is 0 Å². The summed E-state index contributed by atoms with van der Waals surface area (Å²) in [6.45, 7) is 10.4. The predicted molar refractivity (Wildman–Crippen MR) is 87.8 cm³/mol. The summed E-state index contributed by atoms with van der Waals surface area (Å²) < 4.78 is 5.39. The van der Waals surface area contributed by atoms with E-state index in [0.29, 0.717) is 0 Å². The van der Waals surface area contributed by atoms with E-state index in [1.165, 1.54) is 5.56 Å². The van der Waals surface area contributed by atoms with E-state index in [1.54, 1.807) is 4.90 Å². The van der Waals surface area contributed by atoms with Crippen molar-refractivity contribution in [2.45, 2.75) is 59.1 Å². The number of benzene rings is 1. The molecule has 1 aromatic rings. The van der Waals surface area contributed by atoms with Crippen LogP contribution < -0.4 is 0 Å². The van der Waals surface area contributed by atoms with Crippen molar-refractivity contribution < 1.29 is 9.53 Å². The Kier molecular flexibility index (Phi) is 6.53. The van der Waals surface area contributed by atoms with Crippen LogP contribution in [0.25, 0.3) is 0 Å². The number of carbonyl (C=O) groups is 1. The summed E-state index contributed by atoms with van der Waals surface area (Å²) in [6.07, 6.45) is 1.68. The van der Waals surface area contributed by atoms with Crippen molar-refractivity contribution in [1.29, 1.82) is 0 Å². The highest BCUT2D eigenvalue weighted by Gasteiger charge is 2.34. The molecule has 1 atom stereocenters. The lowest BCUT2D eigenvalue weighted by Gasteiger charge is -2.41. The predicted octanol–water partition coefficient (Wildman–Crippen LogP) is 4.92. The van der Waals surface area contributed by atoms with Crippen LogP contribution in [0.4, 0.5) is 4.79 Å². The van der Waals surface area contributed by atoms with Crippen LogP contribution in [0.3, 0.4) is 0 Å². The molecular formula is C17H26ClNO2. The minimum atomic E-state index is -0.433. The fourth-order valence-electron chi connectivity index (χ4n) is 2.11. The number of ether oxygens (including phenoxy) is 1. The Morgan fingerprint density at radius 2 is 1.86 bits per heavy atom. The molecule has 1 fully saturated rings. The molecule has 1 aliphatic heterocycles. The molecule has 0 saturated carbocycles. The summed E-state index contributed by atoms with van der Waals surface area (Å²) >= 11 is 5.86. The Morgan fingerprint density at radius 3 is 2.29 bits per heavy atom. The molecule has 2 rings (SSSR count). The van der Waals surface area contributed by atoms with Gasteiger partial charge in [0.15, 0.2) is 0 Å². The number of nitrogens with zero attached hydrogens (tertiary/aromatic N) is 1. The van der Waals surface area contributed by atoms with Crippen LogP contribution in [0.1, 0.15) is 46.6 Å². The fraction of sp³-hybridized carbons (Fsp3) is 0.588. The molecule has 1 unspecified atom stereocenters.